The molecule has 1 aliphatic carbocycles. The Bertz CT molecular complexity index is 148. The van der Waals surface area contributed by atoms with Crippen molar-refractivity contribution in [3.05, 3.63) is 0 Å². The minimum Gasteiger partial charge on any atom is -0.325 e. The van der Waals surface area contributed by atoms with E-state index >= 15 is 0 Å². The summed E-state index contributed by atoms with van der Waals surface area (Å²) in [6.07, 6.45) is 3.95. The lowest BCUT2D eigenvalue weighted by atomic mass is 9.91. The Labute approximate surface area is 68.5 Å². The van der Waals surface area contributed by atoms with Gasteiger partial charge in [0.1, 0.15) is 0 Å². The molecule has 2 heteroatoms. The van der Waals surface area contributed by atoms with E-state index in [-0.39, 0.29) is 5.54 Å². The average molecular weight is 154 g/mol. The second-order valence-electron chi connectivity index (χ2n) is 4.40. The summed E-state index contributed by atoms with van der Waals surface area (Å²) in [5, 5.41) is 3.38. The third kappa shape index (κ3) is 1.42. The standard InChI is InChI=1S/C9H18N2/c1-9(10)6-8(9)7-2-4-11-5-3-7/h7-8,11H,2-6,10H2,1H3. The van der Waals surface area contributed by atoms with Gasteiger partial charge in [-0.3, -0.25) is 0 Å². The second kappa shape index (κ2) is 2.46. The Balaban J connectivity index is 1.86. The summed E-state index contributed by atoms with van der Waals surface area (Å²) in [5.41, 5.74) is 6.22. The zero-order chi connectivity index (χ0) is 7.90. The zero-order valence-electron chi connectivity index (χ0n) is 7.27. The normalized spacial score (nSPS) is 45.8. The molecule has 0 radical (unpaired) electrons. The molecule has 3 N–H and O–H groups in total. The van der Waals surface area contributed by atoms with Crippen molar-refractivity contribution in [1.29, 1.82) is 0 Å². The van der Waals surface area contributed by atoms with Gasteiger partial charge in [-0.05, 0) is 51.1 Å². The molecule has 11 heavy (non-hydrogen) atoms. The van der Waals surface area contributed by atoms with Crippen molar-refractivity contribution in [3.63, 3.8) is 0 Å². The van der Waals surface area contributed by atoms with Crippen molar-refractivity contribution >= 4 is 0 Å². The van der Waals surface area contributed by atoms with Gasteiger partial charge in [-0.25, -0.2) is 0 Å². The fourth-order valence-electron chi connectivity index (χ4n) is 2.37. The van der Waals surface area contributed by atoms with Gasteiger partial charge in [-0.15, -0.1) is 0 Å². The maximum Gasteiger partial charge on any atom is 0.0161 e. The fraction of sp³-hybridized carbons (Fsp3) is 1.00. The molecule has 0 amide bonds. The Morgan fingerprint density at radius 1 is 1.36 bits per heavy atom. The van der Waals surface area contributed by atoms with Crippen molar-refractivity contribution < 1.29 is 0 Å². The summed E-state index contributed by atoms with van der Waals surface area (Å²) in [6.45, 7) is 4.61. The van der Waals surface area contributed by atoms with E-state index in [1.54, 1.807) is 0 Å². The lowest BCUT2D eigenvalue weighted by Crippen LogP contribution is -2.32. The van der Waals surface area contributed by atoms with Crippen LogP contribution in [0.1, 0.15) is 26.2 Å². The van der Waals surface area contributed by atoms with E-state index in [9.17, 15) is 0 Å². The van der Waals surface area contributed by atoms with E-state index in [1.165, 1.54) is 32.4 Å². The highest BCUT2D eigenvalue weighted by Crippen LogP contribution is 2.48. The molecular formula is C9H18N2. The van der Waals surface area contributed by atoms with Gasteiger partial charge in [0.15, 0.2) is 0 Å². The van der Waals surface area contributed by atoms with E-state index < -0.39 is 0 Å². The number of nitrogens with one attached hydrogen (secondary N) is 1. The Morgan fingerprint density at radius 3 is 2.36 bits per heavy atom. The van der Waals surface area contributed by atoms with Crippen LogP contribution in [-0.4, -0.2) is 18.6 Å². The molecule has 1 saturated carbocycles. The molecule has 2 atom stereocenters. The van der Waals surface area contributed by atoms with Gasteiger partial charge in [-0.1, -0.05) is 0 Å². The first kappa shape index (κ1) is 7.56. The van der Waals surface area contributed by atoms with Crippen LogP contribution in [0.25, 0.3) is 0 Å². The van der Waals surface area contributed by atoms with Crippen molar-refractivity contribution in [2.75, 3.05) is 13.1 Å². The van der Waals surface area contributed by atoms with Gasteiger partial charge in [0, 0.05) is 5.54 Å². The van der Waals surface area contributed by atoms with E-state index in [0.717, 1.165) is 11.8 Å². The first-order valence-electron chi connectivity index (χ1n) is 4.70. The molecule has 0 aromatic carbocycles. The van der Waals surface area contributed by atoms with Crippen LogP contribution in [0, 0.1) is 11.8 Å². The molecule has 2 nitrogen and oxygen atoms in total. The topological polar surface area (TPSA) is 38.0 Å². The largest absolute Gasteiger partial charge is 0.325 e. The van der Waals surface area contributed by atoms with Gasteiger partial charge < -0.3 is 11.1 Å². The highest BCUT2D eigenvalue weighted by atomic mass is 14.9. The van der Waals surface area contributed by atoms with Gasteiger partial charge in [0.2, 0.25) is 0 Å². The SMILES string of the molecule is CC1(N)CC1C1CCNCC1. The molecule has 0 bridgehead atoms. The first-order chi connectivity index (χ1) is 5.20. The molecule has 2 rings (SSSR count). The van der Waals surface area contributed by atoms with Crippen LogP contribution in [0.2, 0.25) is 0 Å². The van der Waals surface area contributed by atoms with Gasteiger partial charge >= 0.3 is 0 Å². The van der Waals surface area contributed by atoms with Gasteiger partial charge in [0.25, 0.3) is 0 Å². The molecule has 1 aliphatic heterocycles. The third-order valence-electron chi connectivity index (χ3n) is 3.30. The van der Waals surface area contributed by atoms with Crippen molar-refractivity contribution in [1.82, 2.24) is 5.32 Å². The van der Waals surface area contributed by atoms with Crippen LogP contribution >= 0.6 is 0 Å². The maximum atomic E-state index is 6.02. The number of hydrogen-bond acceptors (Lipinski definition) is 2. The van der Waals surface area contributed by atoms with Crippen LogP contribution in [0.15, 0.2) is 0 Å². The highest BCUT2D eigenvalue weighted by Gasteiger charge is 2.50. The van der Waals surface area contributed by atoms with Crippen molar-refractivity contribution in [2.24, 2.45) is 17.6 Å². The van der Waals surface area contributed by atoms with Crippen LogP contribution < -0.4 is 11.1 Å². The first-order valence-corrected chi connectivity index (χ1v) is 4.70. The third-order valence-corrected chi connectivity index (χ3v) is 3.30. The van der Waals surface area contributed by atoms with Crippen molar-refractivity contribution in [3.8, 4) is 0 Å². The zero-order valence-corrected chi connectivity index (χ0v) is 7.27. The summed E-state index contributed by atoms with van der Waals surface area (Å²) >= 11 is 0. The molecular weight excluding hydrogens is 136 g/mol. The minimum atomic E-state index is 0.196. The molecule has 0 aromatic heterocycles. The number of nitrogens with two attached hydrogens (primary N) is 1. The summed E-state index contributed by atoms with van der Waals surface area (Å²) in [7, 11) is 0. The molecule has 1 saturated heterocycles. The van der Waals surface area contributed by atoms with Crippen LogP contribution in [0.3, 0.4) is 0 Å². The van der Waals surface area contributed by atoms with E-state index in [4.69, 9.17) is 5.73 Å². The second-order valence-corrected chi connectivity index (χ2v) is 4.40. The van der Waals surface area contributed by atoms with Gasteiger partial charge in [0.05, 0.1) is 0 Å². The number of piperidine rings is 1. The molecule has 2 fully saturated rings. The van der Waals surface area contributed by atoms with E-state index in [0.29, 0.717) is 0 Å². The predicted molar refractivity (Wildman–Crippen MR) is 46.3 cm³/mol. The molecule has 2 aliphatic rings. The molecule has 0 spiro atoms. The lowest BCUT2D eigenvalue weighted by molar-refractivity contribution is 0.319. The molecule has 2 unspecified atom stereocenters. The smallest absolute Gasteiger partial charge is 0.0161 e. The van der Waals surface area contributed by atoms with Gasteiger partial charge in [-0.2, -0.15) is 0 Å². The predicted octanol–water partition coefficient (Wildman–Crippen LogP) is 0.723. The minimum absolute atomic E-state index is 0.196. The van der Waals surface area contributed by atoms with Crippen LogP contribution in [-0.2, 0) is 0 Å². The summed E-state index contributed by atoms with van der Waals surface area (Å²) in [5.74, 6) is 1.76. The van der Waals surface area contributed by atoms with Crippen LogP contribution in [0.4, 0.5) is 0 Å². The summed E-state index contributed by atoms with van der Waals surface area (Å²) in [6, 6.07) is 0. The Morgan fingerprint density at radius 2 is 1.91 bits per heavy atom. The number of rotatable bonds is 1. The Hall–Kier alpha value is -0.0800. The van der Waals surface area contributed by atoms with Crippen molar-refractivity contribution in [2.45, 2.75) is 31.7 Å². The average Bonchev–Trinajstić information content (AvgIpc) is 2.62. The quantitative estimate of drug-likeness (QED) is 0.584. The van der Waals surface area contributed by atoms with Crippen LogP contribution in [0.5, 0.6) is 0 Å². The highest BCUT2D eigenvalue weighted by molar-refractivity contribution is 5.07. The number of hydrogen-bond donors (Lipinski definition) is 2. The summed E-state index contributed by atoms with van der Waals surface area (Å²) < 4.78 is 0. The molecule has 0 aromatic rings. The Kier molecular flexibility index (Phi) is 1.69. The maximum absolute atomic E-state index is 6.02. The molecule has 64 valence electrons. The lowest BCUT2D eigenvalue weighted by Gasteiger charge is -2.23. The fourth-order valence-corrected chi connectivity index (χ4v) is 2.37. The molecule has 1 heterocycles. The van der Waals surface area contributed by atoms with E-state index in [1.807, 2.05) is 0 Å². The van der Waals surface area contributed by atoms with E-state index in [2.05, 4.69) is 12.2 Å². The monoisotopic (exact) mass is 154 g/mol. The summed E-state index contributed by atoms with van der Waals surface area (Å²) in [4.78, 5) is 0.